The Labute approximate surface area is 184 Å². The maximum atomic E-state index is 13.1. The maximum Gasteiger partial charge on any atom is 0.242 e. The number of thioether (sulfide) groups is 1. The molecule has 0 radical (unpaired) electrons. The van der Waals surface area contributed by atoms with Crippen LogP contribution in [0.25, 0.3) is 0 Å². The summed E-state index contributed by atoms with van der Waals surface area (Å²) >= 11 is 1.60. The number of nitrogens with one attached hydrogen (secondary N) is 1. The third kappa shape index (κ3) is 6.91. The van der Waals surface area contributed by atoms with E-state index < -0.39 is 6.04 Å². The van der Waals surface area contributed by atoms with Crippen molar-refractivity contribution in [1.82, 2.24) is 10.2 Å². The number of carbonyl (C=O) groups is 2. The molecule has 1 fully saturated rings. The molecule has 1 atom stereocenters. The molecule has 0 bridgehead atoms. The summed E-state index contributed by atoms with van der Waals surface area (Å²) in [7, 11) is 0. The molecule has 3 rings (SSSR count). The number of hydrogen-bond acceptors (Lipinski definition) is 3. The second-order valence-corrected chi connectivity index (χ2v) is 8.95. The molecule has 1 N–H and O–H groups in total. The molecule has 30 heavy (non-hydrogen) atoms. The molecule has 2 aromatic carbocycles. The third-order valence-electron chi connectivity index (χ3n) is 5.69. The first kappa shape index (κ1) is 22.4. The average molecular weight is 425 g/mol. The highest BCUT2D eigenvalue weighted by Gasteiger charge is 2.28. The minimum absolute atomic E-state index is 0.0286. The zero-order chi connectivity index (χ0) is 21.2. The molecule has 0 saturated heterocycles. The Bertz CT molecular complexity index is 791. The highest BCUT2D eigenvalue weighted by atomic mass is 32.2. The van der Waals surface area contributed by atoms with Crippen molar-refractivity contribution in [3.8, 4) is 0 Å². The van der Waals surface area contributed by atoms with Gasteiger partial charge in [-0.15, -0.1) is 11.8 Å². The van der Waals surface area contributed by atoms with Gasteiger partial charge in [0.1, 0.15) is 6.04 Å². The summed E-state index contributed by atoms with van der Waals surface area (Å²) in [5.74, 6) is 1.17. The predicted octanol–water partition coefficient (Wildman–Crippen LogP) is 4.44. The van der Waals surface area contributed by atoms with Crippen LogP contribution in [0.5, 0.6) is 0 Å². The zero-order valence-corrected chi connectivity index (χ0v) is 18.6. The molecular formula is C25H32N2O2S. The summed E-state index contributed by atoms with van der Waals surface area (Å²) in [6, 6.07) is 20.1. The molecule has 1 saturated carbocycles. The molecule has 0 aliphatic heterocycles. The first-order valence-corrected chi connectivity index (χ1v) is 12.0. The zero-order valence-electron chi connectivity index (χ0n) is 17.8. The topological polar surface area (TPSA) is 49.4 Å². The van der Waals surface area contributed by atoms with Gasteiger partial charge >= 0.3 is 0 Å². The van der Waals surface area contributed by atoms with E-state index in [1.165, 1.54) is 24.0 Å². The Morgan fingerprint density at radius 1 is 1.00 bits per heavy atom. The van der Waals surface area contributed by atoms with Crippen LogP contribution in [-0.2, 0) is 21.8 Å². The fraction of sp³-hybridized carbons (Fsp3) is 0.440. The van der Waals surface area contributed by atoms with E-state index in [0.717, 1.165) is 25.0 Å². The normalized spacial score (nSPS) is 15.0. The van der Waals surface area contributed by atoms with Crippen LogP contribution >= 0.6 is 11.8 Å². The van der Waals surface area contributed by atoms with Gasteiger partial charge in [-0.25, -0.2) is 0 Å². The highest BCUT2D eigenvalue weighted by molar-refractivity contribution is 7.99. The quantitative estimate of drug-likeness (QED) is 0.613. The second-order valence-electron chi connectivity index (χ2n) is 7.97. The monoisotopic (exact) mass is 424 g/mol. The molecule has 160 valence electrons. The lowest BCUT2D eigenvalue weighted by atomic mass is 10.1. The van der Waals surface area contributed by atoms with E-state index >= 15 is 0 Å². The predicted molar refractivity (Wildman–Crippen MR) is 124 cm³/mol. The Kier molecular flexibility index (Phi) is 8.81. The van der Waals surface area contributed by atoms with Gasteiger partial charge in [-0.1, -0.05) is 73.5 Å². The van der Waals surface area contributed by atoms with Crippen LogP contribution in [0.3, 0.4) is 0 Å². The molecule has 1 aliphatic rings. The van der Waals surface area contributed by atoms with E-state index in [1.807, 2.05) is 43.3 Å². The van der Waals surface area contributed by atoms with Crippen LogP contribution in [0.15, 0.2) is 60.7 Å². The minimum atomic E-state index is -0.459. The molecule has 0 aromatic heterocycles. The molecule has 0 unspecified atom stereocenters. The largest absolute Gasteiger partial charge is 0.352 e. The number of rotatable bonds is 10. The standard InChI is InChI=1S/C25H32N2O2S/c1-20(25(29)26-23-14-8-9-15-23)27(17-16-21-10-4-2-5-11-21)24(28)19-30-18-22-12-6-3-7-13-22/h2-7,10-13,20,23H,8-9,14-19H2,1H3,(H,26,29)/t20-/m1/s1. The van der Waals surface area contributed by atoms with E-state index in [2.05, 4.69) is 29.6 Å². The van der Waals surface area contributed by atoms with Crippen LogP contribution in [0.1, 0.15) is 43.7 Å². The number of benzene rings is 2. The molecule has 1 aliphatic carbocycles. The fourth-order valence-corrected chi connectivity index (χ4v) is 4.75. The van der Waals surface area contributed by atoms with Gasteiger partial charge in [0.05, 0.1) is 5.75 Å². The fourth-order valence-electron chi connectivity index (χ4n) is 3.88. The lowest BCUT2D eigenvalue weighted by Gasteiger charge is -2.29. The van der Waals surface area contributed by atoms with E-state index in [1.54, 1.807) is 16.7 Å². The van der Waals surface area contributed by atoms with Crippen molar-refractivity contribution in [1.29, 1.82) is 0 Å². The van der Waals surface area contributed by atoms with Gasteiger partial charge < -0.3 is 10.2 Å². The lowest BCUT2D eigenvalue weighted by molar-refractivity contribution is -0.138. The smallest absolute Gasteiger partial charge is 0.242 e. The number of nitrogens with zero attached hydrogens (tertiary/aromatic N) is 1. The summed E-state index contributed by atoms with van der Waals surface area (Å²) in [6.45, 7) is 2.41. The van der Waals surface area contributed by atoms with Crippen molar-refractivity contribution in [3.63, 3.8) is 0 Å². The number of amides is 2. The highest BCUT2D eigenvalue weighted by Crippen LogP contribution is 2.19. The lowest BCUT2D eigenvalue weighted by Crippen LogP contribution is -2.51. The molecular weight excluding hydrogens is 392 g/mol. The molecule has 2 aromatic rings. The average Bonchev–Trinajstić information content (AvgIpc) is 3.28. The van der Waals surface area contributed by atoms with Crippen molar-refractivity contribution in [2.45, 2.75) is 56.9 Å². The summed E-state index contributed by atoms with van der Waals surface area (Å²) < 4.78 is 0. The molecule has 0 heterocycles. The third-order valence-corrected chi connectivity index (χ3v) is 6.68. The molecule has 5 heteroatoms. The van der Waals surface area contributed by atoms with Crippen molar-refractivity contribution < 1.29 is 9.59 Å². The first-order valence-electron chi connectivity index (χ1n) is 10.9. The van der Waals surface area contributed by atoms with Crippen LogP contribution in [0, 0.1) is 0 Å². The van der Waals surface area contributed by atoms with Crippen molar-refractivity contribution in [3.05, 3.63) is 71.8 Å². The van der Waals surface area contributed by atoms with Gasteiger partial charge in [-0.3, -0.25) is 9.59 Å². The van der Waals surface area contributed by atoms with Crippen LogP contribution in [0.4, 0.5) is 0 Å². The maximum absolute atomic E-state index is 13.1. The van der Waals surface area contributed by atoms with Gasteiger partial charge in [-0.2, -0.15) is 0 Å². The first-order chi connectivity index (χ1) is 14.6. The van der Waals surface area contributed by atoms with Crippen molar-refractivity contribution in [2.75, 3.05) is 12.3 Å². The van der Waals surface area contributed by atoms with Crippen LogP contribution in [0.2, 0.25) is 0 Å². The Balaban J connectivity index is 1.59. The van der Waals surface area contributed by atoms with Gasteiger partial charge in [0, 0.05) is 18.3 Å². The van der Waals surface area contributed by atoms with Crippen LogP contribution in [-0.4, -0.2) is 41.1 Å². The Morgan fingerprint density at radius 2 is 1.60 bits per heavy atom. The summed E-state index contributed by atoms with van der Waals surface area (Å²) in [6.07, 6.45) is 5.18. The summed E-state index contributed by atoms with van der Waals surface area (Å²) in [5, 5.41) is 3.15. The Morgan fingerprint density at radius 3 is 2.23 bits per heavy atom. The van der Waals surface area contributed by atoms with E-state index in [0.29, 0.717) is 12.3 Å². The number of hydrogen-bond donors (Lipinski definition) is 1. The summed E-state index contributed by atoms with van der Waals surface area (Å²) in [4.78, 5) is 27.7. The SMILES string of the molecule is C[C@H](C(=O)NC1CCCC1)N(CCc1ccccc1)C(=O)CSCc1ccccc1. The molecule has 2 amide bonds. The van der Waals surface area contributed by atoms with E-state index in [9.17, 15) is 9.59 Å². The van der Waals surface area contributed by atoms with Gasteiger partial charge in [0.25, 0.3) is 0 Å². The van der Waals surface area contributed by atoms with Crippen LogP contribution < -0.4 is 5.32 Å². The Hall–Kier alpha value is -2.27. The minimum Gasteiger partial charge on any atom is -0.352 e. The molecule has 4 nitrogen and oxygen atoms in total. The number of carbonyl (C=O) groups excluding carboxylic acids is 2. The summed E-state index contributed by atoms with van der Waals surface area (Å²) in [5.41, 5.74) is 2.38. The van der Waals surface area contributed by atoms with Gasteiger partial charge in [0.15, 0.2) is 0 Å². The van der Waals surface area contributed by atoms with Crippen molar-refractivity contribution in [2.24, 2.45) is 0 Å². The second kappa shape index (κ2) is 11.8. The van der Waals surface area contributed by atoms with E-state index in [-0.39, 0.29) is 17.9 Å². The van der Waals surface area contributed by atoms with Crippen molar-refractivity contribution >= 4 is 23.6 Å². The van der Waals surface area contributed by atoms with Gasteiger partial charge in [-0.05, 0) is 37.3 Å². The van der Waals surface area contributed by atoms with Gasteiger partial charge in [0.2, 0.25) is 11.8 Å². The van der Waals surface area contributed by atoms with E-state index in [4.69, 9.17) is 0 Å². The molecule has 0 spiro atoms.